The van der Waals surface area contributed by atoms with Crippen molar-refractivity contribution in [1.29, 1.82) is 0 Å². The maximum atomic E-state index is 6.22. The van der Waals surface area contributed by atoms with Crippen LogP contribution >= 0.6 is 46.3 Å². The maximum absolute atomic E-state index is 6.22. The van der Waals surface area contributed by atoms with Gasteiger partial charge < -0.3 is 4.90 Å². The molecule has 100 valence electrons. The molecule has 2 aromatic rings. The third kappa shape index (κ3) is 3.02. The van der Waals surface area contributed by atoms with Crippen LogP contribution in [0.1, 0.15) is 0 Å². The van der Waals surface area contributed by atoms with E-state index < -0.39 is 0 Å². The van der Waals surface area contributed by atoms with Gasteiger partial charge >= 0.3 is 0 Å². The molecular weight excluding hydrogens is 319 g/mol. The first kappa shape index (κ1) is 13.6. The molecule has 1 saturated heterocycles. The molecule has 2 nitrogen and oxygen atoms in total. The van der Waals surface area contributed by atoms with Crippen LogP contribution in [0.15, 0.2) is 23.6 Å². The number of halogens is 2. The van der Waals surface area contributed by atoms with E-state index in [4.69, 9.17) is 28.2 Å². The van der Waals surface area contributed by atoms with E-state index in [0.29, 0.717) is 10.0 Å². The molecule has 1 aliphatic heterocycles. The van der Waals surface area contributed by atoms with Crippen LogP contribution < -0.4 is 4.90 Å². The molecular formula is C13H12Cl2N2S2. The van der Waals surface area contributed by atoms with Crippen molar-refractivity contribution in [3.63, 3.8) is 0 Å². The van der Waals surface area contributed by atoms with E-state index in [9.17, 15) is 0 Å². The molecule has 0 amide bonds. The number of nitrogens with zero attached hydrogens (tertiary/aromatic N) is 2. The summed E-state index contributed by atoms with van der Waals surface area (Å²) in [5, 5.41) is 4.45. The Bertz CT molecular complexity index is 580. The number of thioether (sulfide) groups is 1. The average Bonchev–Trinajstić information content (AvgIpc) is 2.89. The molecule has 0 unspecified atom stereocenters. The first-order valence-corrected chi connectivity index (χ1v) is 8.77. The summed E-state index contributed by atoms with van der Waals surface area (Å²) in [4.78, 5) is 7.04. The van der Waals surface area contributed by atoms with Gasteiger partial charge in [-0.1, -0.05) is 23.2 Å². The molecule has 1 fully saturated rings. The molecule has 0 saturated carbocycles. The lowest BCUT2D eigenvalue weighted by Crippen LogP contribution is -2.32. The fourth-order valence-corrected chi connectivity index (χ4v) is 4.27. The molecule has 1 aliphatic rings. The number of aromatic nitrogens is 1. The number of benzene rings is 1. The standard InChI is InChI=1S/C13H12Cl2N2S2/c14-9-1-2-10(11(15)7-9)12-8-19-13(16-12)17-3-5-18-6-4-17/h1-2,7-8H,3-6H2. The molecule has 0 spiro atoms. The minimum absolute atomic E-state index is 0.650. The number of rotatable bonds is 2. The Balaban J connectivity index is 1.87. The van der Waals surface area contributed by atoms with Crippen molar-refractivity contribution < 1.29 is 0 Å². The Morgan fingerprint density at radius 1 is 1.16 bits per heavy atom. The molecule has 1 aromatic heterocycles. The molecule has 0 atom stereocenters. The maximum Gasteiger partial charge on any atom is 0.185 e. The zero-order valence-corrected chi connectivity index (χ0v) is 13.2. The van der Waals surface area contributed by atoms with Crippen LogP contribution in [0, 0.1) is 0 Å². The summed E-state index contributed by atoms with van der Waals surface area (Å²) in [6.07, 6.45) is 0. The van der Waals surface area contributed by atoms with Crippen LogP contribution in [0.5, 0.6) is 0 Å². The minimum atomic E-state index is 0.650. The predicted octanol–water partition coefficient (Wildman–Crippen LogP) is 4.67. The predicted molar refractivity (Wildman–Crippen MR) is 87.1 cm³/mol. The Morgan fingerprint density at radius 3 is 2.68 bits per heavy atom. The molecule has 0 radical (unpaired) electrons. The quantitative estimate of drug-likeness (QED) is 0.795. The Kier molecular flexibility index (Phi) is 4.22. The van der Waals surface area contributed by atoms with Gasteiger partial charge in [0, 0.05) is 40.6 Å². The summed E-state index contributed by atoms with van der Waals surface area (Å²) in [7, 11) is 0. The van der Waals surface area contributed by atoms with Gasteiger partial charge in [0.05, 0.1) is 10.7 Å². The molecule has 1 aromatic carbocycles. The van der Waals surface area contributed by atoms with Crippen LogP contribution in [-0.2, 0) is 0 Å². The highest BCUT2D eigenvalue weighted by Crippen LogP contribution is 2.33. The van der Waals surface area contributed by atoms with Crippen LogP contribution in [0.3, 0.4) is 0 Å². The molecule has 0 bridgehead atoms. The fraction of sp³-hybridized carbons (Fsp3) is 0.308. The third-order valence-corrected chi connectivity index (χ3v) is 5.37. The monoisotopic (exact) mass is 330 g/mol. The Hall–Kier alpha value is -0.420. The topological polar surface area (TPSA) is 16.1 Å². The van der Waals surface area contributed by atoms with Crippen LogP contribution in [0.2, 0.25) is 10.0 Å². The molecule has 0 N–H and O–H groups in total. The van der Waals surface area contributed by atoms with Gasteiger partial charge in [0.1, 0.15) is 0 Å². The van der Waals surface area contributed by atoms with E-state index in [1.54, 1.807) is 17.4 Å². The van der Waals surface area contributed by atoms with Crippen molar-refractivity contribution in [3.05, 3.63) is 33.6 Å². The van der Waals surface area contributed by atoms with Gasteiger partial charge in [-0.2, -0.15) is 11.8 Å². The lowest BCUT2D eigenvalue weighted by molar-refractivity contribution is 0.853. The highest BCUT2D eigenvalue weighted by atomic mass is 35.5. The molecule has 2 heterocycles. The molecule has 6 heteroatoms. The summed E-state index contributed by atoms with van der Waals surface area (Å²) < 4.78 is 0. The van der Waals surface area contributed by atoms with E-state index in [-0.39, 0.29) is 0 Å². The number of hydrogen-bond donors (Lipinski definition) is 0. The van der Waals surface area contributed by atoms with Gasteiger partial charge in [-0.15, -0.1) is 11.3 Å². The number of hydrogen-bond acceptors (Lipinski definition) is 4. The lowest BCUT2D eigenvalue weighted by Gasteiger charge is -2.25. The van der Waals surface area contributed by atoms with Crippen molar-refractivity contribution in [2.24, 2.45) is 0 Å². The highest BCUT2D eigenvalue weighted by molar-refractivity contribution is 7.99. The fourth-order valence-electron chi connectivity index (χ4n) is 1.99. The second-order valence-corrected chi connectivity index (χ2v) is 7.14. The van der Waals surface area contributed by atoms with Gasteiger partial charge in [-0.3, -0.25) is 0 Å². The summed E-state index contributed by atoms with van der Waals surface area (Å²) in [6, 6.07) is 5.53. The second kappa shape index (κ2) is 5.92. The first-order chi connectivity index (χ1) is 9.24. The Labute approximate surface area is 130 Å². The lowest BCUT2D eigenvalue weighted by atomic mass is 10.2. The van der Waals surface area contributed by atoms with Crippen molar-refractivity contribution in [1.82, 2.24) is 4.98 Å². The van der Waals surface area contributed by atoms with Gasteiger partial charge in [0.15, 0.2) is 5.13 Å². The van der Waals surface area contributed by atoms with E-state index in [1.807, 2.05) is 23.9 Å². The largest absolute Gasteiger partial charge is 0.346 e. The summed E-state index contributed by atoms with van der Waals surface area (Å²) >= 11 is 15.8. The highest BCUT2D eigenvalue weighted by Gasteiger charge is 2.16. The van der Waals surface area contributed by atoms with Gasteiger partial charge in [0.2, 0.25) is 0 Å². The average molecular weight is 331 g/mol. The van der Waals surface area contributed by atoms with Crippen molar-refractivity contribution in [2.75, 3.05) is 29.5 Å². The van der Waals surface area contributed by atoms with Crippen LogP contribution in [0.4, 0.5) is 5.13 Å². The summed E-state index contributed by atoms with van der Waals surface area (Å²) in [5.41, 5.74) is 1.87. The zero-order valence-electron chi connectivity index (χ0n) is 10.1. The third-order valence-electron chi connectivity index (χ3n) is 2.98. The van der Waals surface area contributed by atoms with E-state index >= 15 is 0 Å². The van der Waals surface area contributed by atoms with Gasteiger partial charge in [0.25, 0.3) is 0 Å². The zero-order chi connectivity index (χ0) is 13.2. The van der Waals surface area contributed by atoms with Gasteiger partial charge in [-0.25, -0.2) is 4.98 Å². The van der Waals surface area contributed by atoms with Crippen LogP contribution in [-0.4, -0.2) is 29.6 Å². The van der Waals surface area contributed by atoms with Crippen molar-refractivity contribution in [3.8, 4) is 11.3 Å². The molecule has 0 aliphatic carbocycles. The first-order valence-electron chi connectivity index (χ1n) is 5.98. The second-order valence-electron chi connectivity index (χ2n) is 4.24. The summed E-state index contributed by atoms with van der Waals surface area (Å²) in [6.45, 7) is 2.15. The molecule has 3 rings (SSSR count). The van der Waals surface area contributed by atoms with E-state index in [1.165, 1.54) is 11.5 Å². The van der Waals surface area contributed by atoms with E-state index in [2.05, 4.69) is 10.3 Å². The van der Waals surface area contributed by atoms with Gasteiger partial charge in [-0.05, 0) is 18.2 Å². The Morgan fingerprint density at radius 2 is 1.95 bits per heavy atom. The van der Waals surface area contributed by atoms with Crippen LogP contribution in [0.25, 0.3) is 11.3 Å². The van der Waals surface area contributed by atoms with E-state index in [0.717, 1.165) is 29.5 Å². The minimum Gasteiger partial charge on any atom is -0.346 e. The molecule has 19 heavy (non-hydrogen) atoms. The number of anilines is 1. The van der Waals surface area contributed by atoms with Crippen molar-refractivity contribution >= 4 is 51.4 Å². The summed E-state index contributed by atoms with van der Waals surface area (Å²) in [5.74, 6) is 2.35. The smallest absolute Gasteiger partial charge is 0.185 e. The van der Waals surface area contributed by atoms with Crippen molar-refractivity contribution in [2.45, 2.75) is 0 Å². The normalized spacial score (nSPS) is 15.8. The SMILES string of the molecule is Clc1ccc(-c2csc(N3CCSCC3)n2)c(Cl)c1. The number of thiazole rings is 1.